The number of esters is 1. The van der Waals surface area contributed by atoms with Crippen LogP contribution >= 0.6 is 23.2 Å². The molecule has 1 heterocycles. The SMILES string of the molecule is CC(=O)Oc1cc(-c2ccc(Cl)c(Cl)c2)n(-c2ccccc2[N+](=O)[O-])n1. The molecule has 1 aromatic heterocycles. The van der Waals surface area contributed by atoms with Crippen molar-refractivity contribution in [2.45, 2.75) is 6.92 Å². The minimum absolute atomic E-state index is 0.0109. The molecule has 0 amide bonds. The molecule has 0 bridgehead atoms. The van der Waals surface area contributed by atoms with Gasteiger partial charge in [0.2, 0.25) is 5.88 Å². The Labute approximate surface area is 157 Å². The molecule has 0 fully saturated rings. The standard InChI is InChI=1S/C17H11Cl2N3O4/c1-10(23)26-17-9-16(11-6-7-12(18)13(19)8-11)21(20-17)14-4-2-3-5-15(14)22(24)25/h2-9H,1H3. The fourth-order valence-corrected chi connectivity index (χ4v) is 2.70. The monoisotopic (exact) mass is 391 g/mol. The number of nitro groups is 1. The quantitative estimate of drug-likeness (QED) is 0.366. The van der Waals surface area contributed by atoms with Crippen molar-refractivity contribution < 1.29 is 14.5 Å². The Morgan fingerprint density at radius 1 is 1.15 bits per heavy atom. The van der Waals surface area contributed by atoms with Crippen molar-refractivity contribution in [1.82, 2.24) is 9.78 Å². The first-order valence-corrected chi connectivity index (χ1v) is 8.10. The van der Waals surface area contributed by atoms with E-state index in [0.717, 1.165) is 0 Å². The van der Waals surface area contributed by atoms with Gasteiger partial charge in [-0.15, -0.1) is 5.10 Å². The van der Waals surface area contributed by atoms with Crippen LogP contribution in [0.4, 0.5) is 5.69 Å². The average molecular weight is 392 g/mol. The number of para-hydroxylation sites is 2. The first-order chi connectivity index (χ1) is 12.4. The molecule has 0 aliphatic rings. The highest BCUT2D eigenvalue weighted by Crippen LogP contribution is 2.34. The van der Waals surface area contributed by atoms with Crippen LogP contribution in [-0.4, -0.2) is 20.7 Å². The lowest BCUT2D eigenvalue weighted by atomic mass is 10.1. The Bertz CT molecular complexity index is 1020. The summed E-state index contributed by atoms with van der Waals surface area (Å²) in [6.07, 6.45) is 0. The average Bonchev–Trinajstić information content (AvgIpc) is 3.00. The smallest absolute Gasteiger partial charge is 0.309 e. The molecular weight excluding hydrogens is 381 g/mol. The maximum atomic E-state index is 11.4. The first kappa shape index (κ1) is 17.9. The molecule has 132 valence electrons. The third-order valence-corrected chi connectivity index (χ3v) is 4.20. The lowest BCUT2D eigenvalue weighted by molar-refractivity contribution is -0.384. The van der Waals surface area contributed by atoms with E-state index in [1.807, 2.05) is 0 Å². The molecule has 0 saturated carbocycles. The molecule has 0 spiro atoms. The number of halogens is 2. The number of hydrogen-bond acceptors (Lipinski definition) is 5. The van der Waals surface area contributed by atoms with E-state index in [4.69, 9.17) is 27.9 Å². The summed E-state index contributed by atoms with van der Waals surface area (Å²) in [6, 6.07) is 12.5. The van der Waals surface area contributed by atoms with Crippen LogP contribution in [0.3, 0.4) is 0 Å². The Balaban J connectivity index is 2.24. The van der Waals surface area contributed by atoms with Crippen LogP contribution in [0.15, 0.2) is 48.5 Å². The molecule has 7 nitrogen and oxygen atoms in total. The predicted molar refractivity (Wildman–Crippen MR) is 97.0 cm³/mol. The van der Waals surface area contributed by atoms with Gasteiger partial charge < -0.3 is 4.74 Å². The van der Waals surface area contributed by atoms with Gasteiger partial charge in [-0.3, -0.25) is 14.9 Å². The molecule has 2 aromatic carbocycles. The second-order valence-electron chi connectivity index (χ2n) is 5.25. The molecule has 0 atom stereocenters. The number of rotatable bonds is 4. The lowest BCUT2D eigenvalue weighted by Gasteiger charge is -2.08. The summed E-state index contributed by atoms with van der Waals surface area (Å²) >= 11 is 12.0. The zero-order valence-electron chi connectivity index (χ0n) is 13.3. The second-order valence-corrected chi connectivity index (χ2v) is 6.06. The number of aromatic nitrogens is 2. The summed E-state index contributed by atoms with van der Waals surface area (Å²) in [5.74, 6) is -0.547. The Hall–Kier alpha value is -2.90. The molecule has 0 aliphatic heterocycles. The van der Waals surface area contributed by atoms with Crippen molar-refractivity contribution >= 4 is 34.9 Å². The van der Waals surface area contributed by atoms with Gasteiger partial charge in [-0.1, -0.05) is 41.4 Å². The van der Waals surface area contributed by atoms with E-state index in [1.165, 1.54) is 23.7 Å². The number of ether oxygens (including phenoxy) is 1. The predicted octanol–water partition coefficient (Wildman–Crippen LogP) is 4.68. The number of nitro benzene ring substituents is 1. The third kappa shape index (κ3) is 3.54. The van der Waals surface area contributed by atoms with Crippen molar-refractivity contribution in [2.24, 2.45) is 0 Å². The van der Waals surface area contributed by atoms with Gasteiger partial charge in [0.1, 0.15) is 5.69 Å². The summed E-state index contributed by atoms with van der Waals surface area (Å²) in [6.45, 7) is 1.24. The van der Waals surface area contributed by atoms with Gasteiger partial charge >= 0.3 is 5.97 Å². The molecule has 3 rings (SSSR count). The molecule has 0 saturated heterocycles. The van der Waals surface area contributed by atoms with E-state index >= 15 is 0 Å². The largest absolute Gasteiger partial charge is 0.406 e. The highest BCUT2D eigenvalue weighted by atomic mass is 35.5. The Morgan fingerprint density at radius 2 is 1.88 bits per heavy atom. The normalized spacial score (nSPS) is 10.6. The summed E-state index contributed by atoms with van der Waals surface area (Å²) in [4.78, 5) is 22.1. The van der Waals surface area contributed by atoms with E-state index in [1.54, 1.807) is 36.4 Å². The number of carbonyl (C=O) groups is 1. The van der Waals surface area contributed by atoms with Crippen molar-refractivity contribution in [3.05, 3.63) is 68.7 Å². The van der Waals surface area contributed by atoms with Crippen LogP contribution in [0, 0.1) is 10.1 Å². The van der Waals surface area contributed by atoms with Crippen LogP contribution in [0.2, 0.25) is 10.0 Å². The van der Waals surface area contributed by atoms with Crippen molar-refractivity contribution in [2.75, 3.05) is 0 Å². The van der Waals surface area contributed by atoms with Crippen molar-refractivity contribution in [3.8, 4) is 22.8 Å². The van der Waals surface area contributed by atoms with Crippen LogP contribution < -0.4 is 4.74 Å². The maximum absolute atomic E-state index is 11.4. The number of benzene rings is 2. The second kappa shape index (κ2) is 7.15. The molecule has 0 N–H and O–H groups in total. The van der Waals surface area contributed by atoms with Crippen LogP contribution in [0.1, 0.15) is 6.92 Å². The van der Waals surface area contributed by atoms with Gasteiger partial charge in [0, 0.05) is 24.6 Å². The number of carbonyl (C=O) groups excluding carboxylic acids is 1. The fourth-order valence-electron chi connectivity index (χ4n) is 2.40. The molecule has 9 heteroatoms. The molecule has 26 heavy (non-hydrogen) atoms. The van der Waals surface area contributed by atoms with Gasteiger partial charge in [0.15, 0.2) is 0 Å². The van der Waals surface area contributed by atoms with Gasteiger partial charge in [-0.2, -0.15) is 0 Å². The third-order valence-electron chi connectivity index (χ3n) is 3.46. The van der Waals surface area contributed by atoms with E-state index in [0.29, 0.717) is 21.3 Å². The fraction of sp³-hybridized carbons (Fsp3) is 0.0588. The summed E-state index contributed by atoms with van der Waals surface area (Å²) in [7, 11) is 0. The van der Waals surface area contributed by atoms with E-state index in [-0.39, 0.29) is 17.3 Å². The minimum Gasteiger partial charge on any atom is -0.406 e. The summed E-state index contributed by atoms with van der Waals surface area (Å²) < 4.78 is 6.36. The van der Waals surface area contributed by atoms with E-state index in [9.17, 15) is 14.9 Å². The zero-order chi connectivity index (χ0) is 18.8. The van der Waals surface area contributed by atoms with Crippen molar-refractivity contribution in [3.63, 3.8) is 0 Å². The van der Waals surface area contributed by atoms with Crippen LogP contribution in [0.5, 0.6) is 5.88 Å². The lowest BCUT2D eigenvalue weighted by Crippen LogP contribution is -2.05. The summed E-state index contributed by atoms with van der Waals surface area (Å²) in [5.41, 5.74) is 1.13. The van der Waals surface area contributed by atoms with Gasteiger partial charge in [0.25, 0.3) is 5.69 Å². The molecule has 3 aromatic rings. The topological polar surface area (TPSA) is 87.3 Å². The van der Waals surface area contributed by atoms with E-state index in [2.05, 4.69) is 5.10 Å². The molecule has 0 radical (unpaired) electrons. The minimum atomic E-state index is -0.558. The van der Waals surface area contributed by atoms with Crippen LogP contribution in [0.25, 0.3) is 16.9 Å². The zero-order valence-corrected chi connectivity index (χ0v) is 14.9. The van der Waals surface area contributed by atoms with E-state index < -0.39 is 10.9 Å². The van der Waals surface area contributed by atoms with Gasteiger partial charge in [0.05, 0.1) is 20.7 Å². The molecular formula is C17H11Cl2N3O4. The van der Waals surface area contributed by atoms with Crippen molar-refractivity contribution in [1.29, 1.82) is 0 Å². The number of nitrogens with zero attached hydrogens (tertiary/aromatic N) is 3. The molecule has 0 unspecified atom stereocenters. The van der Waals surface area contributed by atoms with Crippen LogP contribution in [-0.2, 0) is 4.79 Å². The Kier molecular flexibility index (Phi) is 4.92. The highest BCUT2D eigenvalue weighted by Gasteiger charge is 2.21. The molecule has 0 aliphatic carbocycles. The Morgan fingerprint density at radius 3 is 2.54 bits per heavy atom. The van der Waals surface area contributed by atoms with Gasteiger partial charge in [-0.05, 0) is 18.2 Å². The highest BCUT2D eigenvalue weighted by molar-refractivity contribution is 6.42. The van der Waals surface area contributed by atoms with Gasteiger partial charge in [-0.25, -0.2) is 4.68 Å². The first-order valence-electron chi connectivity index (χ1n) is 7.34. The number of hydrogen-bond donors (Lipinski definition) is 0. The summed E-state index contributed by atoms with van der Waals surface area (Å²) in [5, 5.41) is 16.2. The maximum Gasteiger partial charge on any atom is 0.309 e.